The minimum Gasteiger partial charge on any atom is -0.311 e. The first kappa shape index (κ1) is 22.2. The quantitative estimate of drug-likeness (QED) is 0.551. The highest BCUT2D eigenvalue weighted by Crippen LogP contribution is 2.28. The molecule has 0 saturated heterocycles. The fourth-order valence-corrected chi connectivity index (χ4v) is 3.85. The Kier molecular flexibility index (Phi) is 6.20. The summed E-state index contributed by atoms with van der Waals surface area (Å²) in [4.78, 5) is 31.7. The van der Waals surface area contributed by atoms with Crippen molar-refractivity contribution in [3.63, 3.8) is 0 Å². The van der Waals surface area contributed by atoms with E-state index in [0.29, 0.717) is 15.7 Å². The van der Waals surface area contributed by atoms with Crippen molar-refractivity contribution in [1.29, 1.82) is 5.26 Å². The van der Waals surface area contributed by atoms with E-state index < -0.39 is 23.9 Å². The Labute approximate surface area is 197 Å². The average Bonchev–Trinajstić information content (AvgIpc) is 2.91. The van der Waals surface area contributed by atoms with Crippen LogP contribution in [0.15, 0.2) is 76.2 Å². The number of aliphatic imine (C=N–C) groups is 1. The van der Waals surface area contributed by atoms with Crippen LogP contribution in [0, 0.1) is 17.1 Å². The molecular formula is C24H17BrFN5O2. The Morgan fingerprint density at radius 2 is 1.82 bits per heavy atom. The number of fused-ring (bicyclic) bond motifs is 1. The predicted molar refractivity (Wildman–Crippen MR) is 127 cm³/mol. The van der Waals surface area contributed by atoms with Gasteiger partial charge < -0.3 is 15.5 Å². The summed E-state index contributed by atoms with van der Waals surface area (Å²) >= 11 is 3.28. The van der Waals surface area contributed by atoms with E-state index in [0.717, 1.165) is 0 Å². The third kappa shape index (κ3) is 4.47. The molecule has 0 aliphatic carbocycles. The van der Waals surface area contributed by atoms with Crippen LogP contribution in [-0.2, 0) is 4.79 Å². The monoisotopic (exact) mass is 505 g/mol. The number of nitrogens with one attached hydrogen (secondary N) is 2. The molecule has 2 N–H and O–H groups in total. The fraction of sp³-hybridized carbons (Fsp3) is 0.0833. The molecule has 9 heteroatoms. The second kappa shape index (κ2) is 9.22. The standard InChI is InChI=1S/C24H17BrFN5O2/c1-31-20-9-5-3-7-17(20)21(16-6-2-4-8-18(16)26)29-22(23(31)32)30-24(33)28-19-11-10-15(25)12-14(19)13-27/h2-12,22H,1H3,(H2,28,30,33). The van der Waals surface area contributed by atoms with Gasteiger partial charge in [0.05, 0.1) is 22.6 Å². The van der Waals surface area contributed by atoms with Crippen molar-refractivity contribution >= 4 is 45.0 Å². The van der Waals surface area contributed by atoms with E-state index in [1.165, 1.54) is 11.0 Å². The minimum absolute atomic E-state index is 0.208. The molecule has 0 fully saturated rings. The Morgan fingerprint density at radius 3 is 2.55 bits per heavy atom. The van der Waals surface area contributed by atoms with Crippen molar-refractivity contribution in [2.45, 2.75) is 6.17 Å². The molecule has 0 bridgehead atoms. The summed E-state index contributed by atoms with van der Waals surface area (Å²) in [6, 6.07) is 19.2. The van der Waals surface area contributed by atoms with E-state index in [-0.39, 0.29) is 22.5 Å². The summed E-state index contributed by atoms with van der Waals surface area (Å²) in [7, 11) is 1.57. The van der Waals surface area contributed by atoms with Crippen LogP contribution in [0.5, 0.6) is 0 Å². The van der Waals surface area contributed by atoms with Crippen molar-refractivity contribution in [3.8, 4) is 6.07 Å². The SMILES string of the molecule is CN1C(=O)C(NC(=O)Nc2ccc(Br)cc2C#N)N=C(c2ccccc2F)c2ccccc21. The molecule has 0 radical (unpaired) electrons. The summed E-state index contributed by atoms with van der Waals surface area (Å²) in [5.41, 5.74) is 2.06. The summed E-state index contributed by atoms with van der Waals surface area (Å²) in [6.07, 6.45) is -1.32. The summed E-state index contributed by atoms with van der Waals surface area (Å²) < 4.78 is 15.4. The van der Waals surface area contributed by atoms with Gasteiger partial charge in [0.2, 0.25) is 6.17 Å². The van der Waals surface area contributed by atoms with Gasteiger partial charge in [-0.1, -0.05) is 46.3 Å². The van der Waals surface area contributed by atoms with Crippen LogP contribution in [0.4, 0.5) is 20.6 Å². The maximum Gasteiger partial charge on any atom is 0.321 e. The summed E-state index contributed by atoms with van der Waals surface area (Å²) in [5, 5.41) is 14.4. The van der Waals surface area contributed by atoms with E-state index in [9.17, 15) is 19.2 Å². The van der Waals surface area contributed by atoms with Gasteiger partial charge in [-0.2, -0.15) is 5.26 Å². The van der Waals surface area contributed by atoms with E-state index in [4.69, 9.17) is 0 Å². The van der Waals surface area contributed by atoms with Crippen molar-refractivity contribution in [2.24, 2.45) is 4.99 Å². The number of nitrogens with zero attached hydrogens (tertiary/aromatic N) is 3. The van der Waals surface area contributed by atoms with Gasteiger partial charge in [0.25, 0.3) is 5.91 Å². The predicted octanol–water partition coefficient (Wildman–Crippen LogP) is 4.42. The lowest BCUT2D eigenvalue weighted by molar-refractivity contribution is -0.119. The molecule has 7 nitrogen and oxygen atoms in total. The molecular weight excluding hydrogens is 489 g/mol. The zero-order chi connectivity index (χ0) is 23.5. The van der Waals surface area contributed by atoms with E-state index in [1.807, 2.05) is 6.07 Å². The minimum atomic E-state index is -1.32. The summed E-state index contributed by atoms with van der Waals surface area (Å²) in [5.74, 6) is -1.000. The number of carbonyl (C=O) groups is 2. The van der Waals surface area contributed by atoms with Gasteiger partial charge >= 0.3 is 6.03 Å². The Bertz CT molecular complexity index is 1330. The highest BCUT2D eigenvalue weighted by Gasteiger charge is 2.31. The smallest absolute Gasteiger partial charge is 0.311 e. The number of halogens is 2. The van der Waals surface area contributed by atoms with Gasteiger partial charge in [0, 0.05) is 22.6 Å². The number of para-hydroxylation sites is 1. The first-order valence-electron chi connectivity index (χ1n) is 9.86. The molecule has 3 aromatic rings. The van der Waals surface area contributed by atoms with Crippen LogP contribution in [0.3, 0.4) is 0 Å². The highest BCUT2D eigenvalue weighted by molar-refractivity contribution is 9.10. The van der Waals surface area contributed by atoms with Gasteiger partial charge in [-0.25, -0.2) is 14.2 Å². The lowest BCUT2D eigenvalue weighted by Crippen LogP contribution is -2.47. The van der Waals surface area contributed by atoms with Crippen LogP contribution >= 0.6 is 15.9 Å². The van der Waals surface area contributed by atoms with Gasteiger partial charge in [-0.3, -0.25) is 4.79 Å². The Morgan fingerprint density at radius 1 is 1.12 bits per heavy atom. The molecule has 3 amide bonds. The number of anilines is 2. The molecule has 0 saturated carbocycles. The molecule has 1 heterocycles. The van der Waals surface area contributed by atoms with Crippen molar-refractivity contribution < 1.29 is 14.0 Å². The van der Waals surface area contributed by atoms with E-state index in [2.05, 4.69) is 31.6 Å². The third-order valence-corrected chi connectivity index (χ3v) is 5.58. The molecule has 0 spiro atoms. The molecule has 1 atom stereocenters. The number of carbonyl (C=O) groups excluding carboxylic acids is 2. The second-order valence-electron chi connectivity index (χ2n) is 7.17. The van der Waals surface area contributed by atoms with Gasteiger partial charge in [-0.15, -0.1) is 0 Å². The van der Waals surface area contributed by atoms with Crippen LogP contribution in [0.25, 0.3) is 0 Å². The number of likely N-dealkylation sites (N-methyl/N-ethyl adjacent to an activating group) is 1. The van der Waals surface area contributed by atoms with Crippen LogP contribution < -0.4 is 15.5 Å². The molecule has 1 unspecified atom stereocenters. The molecule has 33 heavy (non-hydrogen) atoms. The molecule has 1 aliphatic rings. The average molecular weight is 506 g/mol. The molecule has 1 aliphatic heterocycles. The molecule has 4 rings (SSSR count). The number of amides is 3. The highest BCUT2D eigenvalue weighted by atomic mass is 79.9. The zero-order valence-corrected chi connectivity index (χ0v) is 18.9. The van der Waals surface area contributed by atoms with Crippen molar-refractivity contribution in [2.75, 3.05) is 17.3 Å². The van der Waals surface area contributed by atoms with Gasteiger partial charge in [0.1, 0.15) is 11.9 Å². The van der Waals surface area contributed by atoms with E-state index >= 15 is 0 Å². The number of urea groups is 1. The fourth-order valence-electron chi connectivity index (χ4n) is 3.48. The molecule has 164 valence electrons. The number of rotatable bonds is 3. The normalized spacial score (nSPS) is 15.1. The largest absolute Gasteiger partial charge is 0.321 e. The first-order chi connectivity index (χ1) is 15.9. The maximum absolute atomic E-state index is 14.7. The number of hydrogen-bond acceptors (Lipinski definition) is 4. The first-order valence-corrected chi connectivity index (χ1v) is 10.6. The van der Waals surface area contributed by atoms with Crippen molar-refractivity contribution in [1.82, 2.24) is 5.32 Å². The van der Waals surface area contributed by atoms with Crippen LogP contribution in [0.2, 0.25) is 0 Å². The topological polar surface area (TPSA) is 97.6 Å². The van der Waals surface area contributed by atoms with Gasteiger partial charge in [-0.05, 0) is 36.4 Å². The third-order valence-electron chi connectivity index (χ3n) is 5.09. The Hall–Kier alpha value is -4.03. The number of nitriles is 1. The van der Waals surface area contributed by atoms with Crippen LogP contribution in [-0.4, -0.2) is 30.9 Å². The lowest BCUT2D eigenvalue weighted by atomic mass is 10.00. The zero-order valence-electron chi connectivity index (χ0n) is 17.3. The van der Waals surface area contributed by atoms with Gasteiger partial charge in [0.15, 0.2) is 0 Å². The molecule has 3 aromatic carbocycles. The lowest BCUT2D eigenvalue weighted by Gasteiger charge is -2.21. The summed E-state index contributed by atoms with van der Waals surface area (Å²) in [6.45, 7) is 0. The van der Waals surface area contributed by atoms with Crippen LogP contribution in [0.1, 0.15) is 16.7 Å². The number of benzene rings is 3. The number of benzodiazepines with no additional fused rings is 1. The van der Waals surface area contributed by atoms with E-state index in [1.54, 1.807) is 67.7 Å². The maximum atomic E-state index is 14.7. The molecule has 0 aromatic heterocycles. The van der Waals surface area contributed by atoms with Crippen molar-refractivity contribution in [3.05, 3.63) is 93.7 Å². The Balaban J connectivity index is 1.72. The number of hydrogen-bond donors (Lipinski definition) is 2. The second-order valence-corrected chi connectivity index (χ2v) is 8.09.